The van der Waals surface area contributed by atoms with Gasteiger partial charge in [-0.2, -0.15) is 0 Å². The Hall–Kier alpha value is -2.14. The number of hydrogen-bond acceptors (Lipinski definition) is 4. The van der Waals surface area contributed by atoms with E-state index >= 15 is 0 Å². The maximum Gasteiger partial charge on any atom is 0.253 e. The minimum atomic E-state index is -0.250. The van der Waals surface area contributed by atoms with Crippen molar-refractivity contribution >= 4 is 23.3 Å². The van der Waals surface area contributed by atoms with E-state index in [0.717, 1.165) is 12.2 Å². The number of aromatic nitrogens is 2. The van der Waals surface area contributed by atoms with Gasteiger partial charge in [-0.1, -0.05) is 17.7 Å². The first-order valence-electron chi connectivity index (χ1n) is 6.73. The molecule has 0 bridgehead atoms. The molecule has 1 atom stereocenters. The Morgan fingerprint density at radius 1 is 1.38 bits per heavy atom. The lowest BCUT2D eigenvalue weighted by Crippen LogP contribution is -2.27. The summed E-state index contributed by atoms with van der Waals surface area (Å²) < 4.78 is 0. The number of pyridine rings is 2. The fraction of sp³-hybridized carbons (Fsp3) is 0.267. The fourth-order valence-electron chi connectivity index (χ4n) is 1.87. The molecule has 21 heavy (non-hydrogen) atoms. The summed E-state index contributed by atoms with van der Waals surface area (Å²) >= 11 is 6.05. The second-order valence-corrected chi connectivity index (χ2v) is 4.94. The summed E-state index contributed by atoms with van der Waals surface area (Å²) in [6, 6.07) is 7.02. The van der Waals surface area contributed by atoms with Gasteiger partial charge in [0.25, 0.3) is 5.91 Å². The summed E-state index contributed by atoms with van der Waals surface area (Å²) in [5, 5.41) is 6.26. The van der Waals surface area contributed by atoms with Gasteiger partial charge in [-0.3, -0.25) is 9.78 Å². The van der Waals surface area contributed by atoms with Crippen molar-refractivity contribution in [3.05, 3.63) is 52.9 Å². The summed E-state index contributed by atoms with van der Waals surface area (Å²) in [6.45, 7) is 4.56. The highest BCUT2D eigenvalue weighted by Crippen LogP contribution is 2.19. The molecule has 0 aliphatic carbocycles. The molecule has 1 unspecified atom stereocenters. The van der Waals surface area contributed by atoms with Crippen molar-refractivity contribution in [1.82, 2.24) is 15.3 Å². The van der Waals surface area contributed by atoms with Crippen LogP contribution >= 0.6 is 11.6 Å². The highest BCUT2D eigenvalue weighted by molar-refractivity contribution is 6.33. The number of nitrogens with zero attached hydrogens (tertiary/aromatic N) is 2. The molecule has 5 nitrogen and oxygen atoms in total. The third-order valence-electron chi connectivity index (χ3n) is 2.94. The summed E-state index contributed by atoms with van der Waals surface area (Å²) in [5.74, 6) is 0.372. The largest absolute Gasteiger partial charge is 0.370 e. The standard InChI is InChI=1S/C15H17ClN4O/c1-3-17-14-8-11(12(16)9-19-14)15(21)20-10(2)13-6-4-5-7-18-13/h4-10H,3H2,1-2H3,(H,17,19)(H,20,21). The molecule has 0 fully saturated rings. The minimum absolute atomic E-state index is 0.203. The van der Waals surface area contributed by atoms with E-state index in [1.54, 1.807) is 12.3 Å². The van der Waals surface area contributed by atoms with Gasteiger partial charge in [0.15, 0.2) is 0 Å². The van der Waals surface area contributed by atoms with Gasteiger partial charge in [0.05, 0.1) is 22.3 Å². The second kappa shape index (κ2) is 7.04. The van der Waals surface area contributed by atoms with Gasteiger partial charge in [-0.25, -0.2) is 4.98 Å². The van der Waals surface area contributed by atoms with Crippen molar-refractivity contribution in [2.24, 2.45) is 0 Å². The molecule has 110 valence electrons. The minimum Gasteiger partial charge on any atom is -0.370 e. The molecule has 2 aromatic heterocycles. The topological polar surface area (TPSA) is 66.9 Å². The third-order valence-corrected chi connectivity index (χ3v) is 3.24. The predicted molar refractivity (Wildman–Crippen MR) is 83.5 cm³/mol. The Labute approximate surface area is 128 Å². The summed E-state index contributed by atoms with van der Waals surface area (Å²) in [4.78, 5) is 20.7. The smallest absolute Gasteiger partial charge is 0.253 e. The maximum absolute atomic E-state index is 12.3. The van der Waals surface area contributed by atoms with Crippen molar-refractivity contribution in [1.29, 1.82) is 0 Å². The zero-order valence-corrected chi connectivity index (χ0v) is 12.7. The van der Waals surface area contributed by atoms with Gasteiger partial charge in [0.2, 0.25) is 0 Å². The molecular weight excluding hydrogens is 288 g/mol. The molecule has 0 aliphatic heterocycles. The number of halogens is 1. The van der Waals surface area contributed by atoms with Crippen LogP contribution in [0.25, 0.3) is 0 Å². The number of hydrogen-bond donors (Lipinski definition) is 2. The van der Waals surface area contributed by atoms with E-state index in [2.05, 4.69) is 20.6 Å². The first-order valence-corrected chi connectivity index (χ1v) is 7.10. The van der Waals surface area contributed by atoms with Crippen LogP contribution < -0.4 is 10.6 Å². The van der Waals surface area contributed by atoms with Gasteiger partial charge < -0.3 is 10.6 Å². The summed E-state index contributed by atoms with van der Waals surface area (Å²) in [6.07, 6.45) is 3.17. The van der Waals surface area contributed by atoms with E-state index in [1.165, 1.54) is 6.20 Å². The number of nitrogens with one attached hydrogen (secondary N) is 2. The Morgan fingerprint density at radius 2 is 2.19 bits per heavy atom. The fourth-order valence-corrected chi connectivity index (χ4v) is 2.06. The normalized spacial score (nSPS) is 11.8. The first-order chi connectivity index (χ1) is 10.1. The summed E-state index contributed by atoms with van der Waals surface area (Å²) in [5.41, 5.74) is 1.19. The lowest BCUT2D eigenvalue weighted by Gasteiger charge is -2.14. The third kappa shape index (κ3) is 3.92. The van der Waals surface area contributed by atoms with Crippen molar-refractivity contribution in [2.75, 3.05) is 11.9 Å². The van der Waals surface area contributed by atoms with E-state index in [9.17, 15) is 4.79 Å². The molecular formula is C15H17ClN4O. The van der Waals surface area contributed by atoms with E-state index in [4.69, 9.17) is 11.6 Å². The average Bonchev–Trinajstić information content (AvgIpc) is 2.50. The number of carbonyl (C=O) groups is 1. The molecule has 6 heteroatoms. The Bertz CT molecular complexity index is 618. The van der Waals surface area contributed by atoms with Gasteiger partial charge in [-0.05, 0) is 32.0 Å². The molecule has 0 aromatic carbocycles. The monoisotopic (exact) mass is 304 g/mol. The molecule has 2 rings (SSSR count). The number of amides is 1. The van der Waals surface area contributed by atoms with Crippen molar-refractivity contribution < 1.29 is 4.79 Å². The zero-order chi connectivity index (χ0) is 15.2. The number of anilines is 1. The lowest BCUT2D eigenvalue weighted by atomic mass is 10.2. The molecule has 2 N–H and O–H groups in total. The Kier molecular flexibility index (Phi) is 5.11. The molecule has 0 spiro atoms. The van der Waals surface area contributed by atoms with Gasteiger partial charge in [0.1, 0.15) is 5.82 Å². The van der Waals surface area contributed by atoms with Crippen LogP contribution in [-0.2, 0) is 0 Å². The van der Waals surface area contributed by atoms with E-state index in [1.807, 2.05) is 32.0 Å². The van der Waals surface area contributed by atoms with Gasteiger partial charge >= 0.3 is 0 Å². The Balaban J connectivity index is 2.14. The van der Waals surface area contributed by atoms with Crippen LogP contribution in [0.15, 0.2) is 36.7 Å². The predicted octanol–water partition coefficient (Wildman–Crippen LogP) is 3.05. The zero-order valence-electron chi connectivity index (χ0n) is 11.9. The molecule has 0 radical (unpaired) electrons. The summed E-state index contributed by atoms with van der Waals surface area (Å²) in [7, 11) is 0. The van der Waals surface area contributed by atoms with Crippen LogP contribution in [0.3, 0.4) is 0 Å². The van der Waals surface area contributed by atoms with Gasteiger partial charge in [-0.15, -0.1) is 0 Å². The second-order valence-electron chi connectivity index (χ2n) is 4.53. The maximum atomic E-state index is 12.3. The van der Waals surface area contributed by atoms with Crippen LogP contribution in [-0.4, -0.2) is 22.4 Å². The van der Waals surface area contributed by atoms with Gasteiger partial charge in [0, 0.05) is 18.9 Å². The SMILES string of the molecule is CCNc1cc(C(=O)NC(C)c2ccccn2)c(Cl)cn1. The molecule has 0 saturated carbocycles. The highest BCUT2D eigenvalue weighted by atomic mass is 35.5. The number of rotatable bonds is 5. The van der Waals surface area contributed by atoms with Crippen molar-refractivity contribution in [2.45, 2.75) is 19.9 Å². The van der Waals surface area contributed by atoms with Crippen LogP contribution in [0.5, 0.6) is 0 Å². The Morgan fingerprint density at radius 3 is 2.86 bits per heavy atom. The van der Waals surface area contributed by atoms with Crippen molar-refractivity contribution in [3.63, 3.8) is 0 Å². The van der Waals surface area contributed by atoms with E-state index < -0.39 is 0 Å². The van der Waals surface area contributed by atoms with Crippen LogP contribution in [0.4, 0.5) is 5.82 Å². The van der Waals surface area contributed by atoms with Crippen LogP contribution in [0, 0.1) is 0 Å². The molecule has 2 aromatic rings. The van der Waals surface area contributed by atoms with Crippen LogP contribution in [0.2, 0.25) is 5.02 Å². The number of carbonyl (C=O) groups excluding carboxylic acids is 1. The van der Waals surface area contributed by atoms with Crippen molar-refractivity contribution in [3.8, 4) is 0 Å². The average molecular weight is 305 g/mol. The van der Waals surface area contributed by atoms with E-state index in [-0.39, 0.29) is 11.9 Å². The highest BCUT2D eigenvalue weighted by Gasteiger charge is 2.15. The van der Waals surface area contributed by atoms with E-state index in [0.29, 0.717) is 16.4 Å². The lowest BCUT2D eigenvalue weighted by molar-refractivity contribution is 0.0939. The quantitative estimate of drug-likeness (QED) is 0.891. The molecule has 0 aliphatic rings. The molecule has 2 heterocycles. The molecule has 1 amide bonds. The van der Waals surface area contributed by atoms with Crippen LogP contribution in [0.1, 0.15) is 35.9 Å². The molecule has 0 saturated heterocycles. The first kappa shape index (κ1) is 15.3.